The van der Waals surface area contributed by atoms with E-state index in [0.29, 0.717) is 5.39 Å². The molecule has 0 atom stereocenters. The molecule has 0 saturated heterocycles. The van der Waals surface area contributed by atoms with E-state index in [9.17, 15) is 9.60 Å². The fourth-order valence-electron chi connectivity index (χ4n) is 4.85. The highest BCUT2D eigenvalue weighted by atomic mass is 35.5. The summed E-state index contributed by atoms with van der Waals surface area (Å²) in [6.45, 7) is 0. The molecule has 7 aromatic carbocycles. The van der Waals surface area contributed by atoms with E-state index in [1.807, 2.05) is 0 Å². The molecule has 8 aromatic rings. The lowest BCUT2D eigenvalue weighted by molar-refractivity contribution is 0.669. The van der Waals surface area contributed by atoms with Gasteiger partial charge in [-0.2, -0.15) is 0 Å². The summed E-state index contributed by atoms with van der Waals surface area (Å²) in [5.41, 5.74) is -1.67. The van der Waals surface area contributed by atoms with E-state index >= 15 is 0 Å². The Kier molecular flexibility index (Phi) is 2.30. The zero-order chi connectivity index (χ0) is 40.0. The van der Waals surface area contributed by atoms with E-state index in [4.69, 9.17) is 29.7 Å². The summed E-state index contributed by atoms with van der Waals surface area (Å²) in [6, 6.07) is -5.85. The first kappa shape index (κ1) is 10.6. The third-order valence-electron chi connectivity index (χ3n) is 6.43. The molecule has 0 amide bonds. The third kappa shape index (κ3) is 3.13. The van der Waals surface area contributed by atoms with Gasteiger partial charge in [0.05, 0.1) is 23.3 Å². The van der Waals surface area contributed by atoms with Crippen molar-refractivity contribution in [2.45, 2.75) is 0 Å². The highest BCUT2D eigenvalue weighted by Gasteiger charge is 2.19. The summed E-state index contributed by atoms with van der Waals surface area (Å²) in [5.74, 6) is 0. The van der Waals surface area contributed by atoms with Crippen LogP contribution in [0.4, 0.5) is 0 Å². The van der Waals surface area contributed by atoms with Crippen LogP contribution in [0.2, 0.25) is 5.02 Å². The number of benzene rings is 7. The van der Waals surface area contributed by atoms with Crippen molar-refractivity contribution in [1.29, 1.82) is 0 Å². The lowest BCUT2D eigenvalue weighted by atomic mass is 9.84. The van der Waals surface area contributed by atoms with Crippen LogP contribution in [-0.4, -0.2) is 0 Å². The molecule has 0 aliphatic heterocycles. The van der Waals surface area contributed by atoms with Gasteiger partial charge in [-0.15, -0.1) is 0 Å². The highest BCUT2D eigenvalue weighted by molar-refractivity contribution is 6.33. The molecule has 0 aliphatic carbocycles. The van der Waals surface area contributed by atoms with Crippen LogP contribution in [0.25, 0.3) is 76.5 Å². The van der Waals surface area contributed by atoms with E-state index in [-0.39, 0.29) is 16.6 Å². The minimum atomic E-state index is -0.825. The van der Waals surface area contributed by atoms with Crippen LogP contribution < -0.4 is 0 Å². The lowest BCUT2D eigenvalue weighted by Gasteiger charge is -2.19. The maximum atomic E-state index is 9.52. The normalized spacial score (nSPS) is 18.1. The first-order valence-corrected chi connectivity index (χ1v) is 11.8. The summed E-state index contributed by atoms with van der Waals surface area (Å²) >= 11 is 6.54. The number of para-hydroxylation sites is 1. The molecular weight excluding hydrogens is 484 g/mol. The van der Waals surface area contributed by atoms with Gasteiger partial charge in [-0.25, -0.2) is 0 Å². The molecule has 8 rings (SSSR count). The lowest BCUT2D eigenvalue weighted by Crippen LogP contribution is -1.91. The fraction of sp³-hybridized carbons (Fsp3) is 0. The van der Waals surface area contributed by atoms with Crippen molar-refractivity contribution in [3.05, 3.63) is 132 Å². The fourth-order valence-corrected chi connectivity index (χ4v) is 5.00. The van der Waals surface area contributed by atoms with Crippen LogP contribution >= 0.6 is 11.6 Å². The van der Waals surface area contributed by atoms with E-state index < -0.39 is 162 Å². The van der Waals surface area contributed by atoms with E-state index in [0.717, 1.165) is 0 Å². The minimum Gasteiger partial charge on any atom is -0.456 e. The summed E-state index contributed by atoms with van der Waals surface area (Å²) in [7, 11) is 0. The van der Waals surface area contributed by atoms with Crippen LogP contribution in [0, 0.1) is 0 Å². The van der Waals surface area contributed by atoms with Crippen molar-refractivity contribution >= 4 is 65.9 Å². The van der Waals surface area contributed by atoms with Gasteiger partial charge < -0.3 is 4.42 Å². The number of furan rings is 1. The Hall–Kier alpha value is -4.59. The van der Waals surface area contributed by atoms with Gasteiger partial charge in [0.15, 0.2) is 0 Å². The number of rotatable bonds is 2. The smallest absolute Gasteiger partial charge is 0.135 e. The molecule has 2 heteroatoms. The second kappa shape index (κ2) is 8.21. The zero-order valence-corrected chi connectivity index (χ0v) is 19.9. The molecule has 0 N–H and O–H groups in total. The Balaban J connectivity index is 1.80. The summed E-state index contributed by atoms with van der Waals surface area (Å²) < 4.78 is 158. The maximum absolute atomic E-state index is 9.52. The average molecular weight is 522 g/mol. The Bertz CT molecular complexity index is 3050. The topological polar surface area (TPSA) is 13.1 Å². The molecule has 0 saturated carbocycles. The molecule has 38 heavy (non-hydrogen) atoms. The average Bonchev–Trinajstić information content (AvgIpc) is 3.57. The van der Waals surface area contributed by atoms with Crippen molar-refractivity contribution < 1.29 is 27.7 Å². The predicted octanol–water partition coefficient (Wildman–Crippen LogP) is 11.0. The highest BCUT2D eigenvalue weighted by Crippen LogP contribution is 2.46. The van der Waals surface area contributed by atoms with Crippen LogP contribution in [0.1, 0.15) is 23.3 Å². The number of fused-ring (bicyclic) bond motifs is 6. The van der Waals surface area contributed by atoms with Crippen molar-refractivity contribution in [3.63, 3.8) is 0 Å². The Labute approximate surface area is 248 Å². The second-order valence-corrected chi connectivity index (χ2v) is 8.87. The molecule has 1 aromatic heterocycles. The number of hydrogen-bond donors (Lipinski definition) is 0. The van der Waals surface area contributed by atoms with Gasteiger partial charge in [-0.3, -0.25) is 0 Å². The molecular formula is C36H21ClO. The predicted molar refractivity (Wildman–Crippen MR) is 162 cm³/mol. The van der Waals surface area contributed by atoms with Crippen LogP contribution in [0.5, 0.6) is 0 Å². The van der Waals surface area contributed by atoms with Crippen LogP contribution in [0.15, 0.2) is 131 Å². The minimum absolute atomic E-state index is 0.0685. The molecule has 0 aliphatic rings. The van der Waals surface area contributed by atoms with Gasteiger partial charge in [0.25, 0.3) is 0 Å². The molecule has 0 bridgehead atoms. The van der Waals surface area contributed by atoms with E-state index in [1.165, 1.54) is 0 Å². The van der Waals surface area contributed by atoms with Gasteiger partial charge in [-0.1, -0.05) is 108 Å². The first-order valence-electron chi connectivity index (χ1n) is 19.9. The molecule has 0 unspecified atom stereocenters. The SMILES string of the molecule is [2H]c1c(-c2c3c([2H])c([2H])c([2H])c([2H])c3c(-c3c([2H])c([2H])c([2H])c4c([2H])c([2H])c([2H])c([2H])c34)c3c([2H])c([2H])c(Cl)c([2H])c23)c([2H])c2c(oc3ccccc32)c1[2H]. The van der Waals surface area contributed by atoms with Crippen molar-refractivity contribution in [2.24, 2.45) is 0 Å². The Morgan fingerprint density at radius 1 is 0.526 bits per heavy atom. The van der Waals surface area contributed by atoms with Gasteiger partial charge in [0, 0.05) is 15.8 Å². The van der Waals surface area contributed by atoms with Crippen molar-refractivity contribution in [3.8, 4) is 22.3 Å². The molecule has 0 radical (unpaired) electrons. The van der Waals surface area contributed by atoms with E-state index in [1.54, 1.807) is 24.3 Å². The Morgan fingerprint density at radius 3 is 2.16 bits per heavy atom. The summed E-state index contributed by atoms with van der Waals surface area (Å²) in [6.07, 6.45) is 0. The number of hydrogen-bond acceptors (Lipinski definition) is 1. The molecule has 0 spiro atoms. The first-order chi connectivity index (χ1) is 25.9. The molecule has 1 heterocycles. The third-order valence-corrected chi connectivity index (χ3v) is 6.62. The molecule has 0 fully saturated rings. The van der Waals surface area contributed by atoms with E-state index in [2.05, 4.69) is 0 Å². The number of halogens is 1. The van der Waals surface area contributed by atoms with Gasteiger partial charge in [0.1, 0.15) is 11.2 Å². The van der Waals surface area contributed by atoms with Crippen molar-refractivity contribution in [1.82, 2.24) is 0 Å². The molecule has 178 valence electrons. The van der Waals surface area contributed by atoms with Gasteiger partial charge in [-0.05, 0) is 84.8 Å². The quantitative estimate of drug-likeness (QED) is 0.206. The molecule has 1 nitrogen and oxygen atoms in total. The summed E-state index contributed by atoms with van der Waals surface area (Å²) in [5, 5.41) is -3.00. The largest absolute Gasteiger partial charge is 0.456 e. The summed E-state index contributed by atoms with van der Waals surface area (Å²) in [4.78, 5) is 0. The standard InChI is InChI=1S/C36H21ClO/c37-24-17-18-30-32(21-24)35(23-16-19-34-31(20-23)26-11-5-6-15-33(26)38-34)28-12-3-4-13-29(28)36(30)27-14-7-9-22-8-1-2-10-25(22)27/h1-21H/i1D,2D,3D,4D,7D,8D,9D,10D,12D,13D,14D,16D,17D,18D,19D,20D,21D. The van der Waals surface area contributed by atoms with Crippen molar-refractivity contribution in [2.75, 3.05) is 0 Å². The van der Waals surface area contributed by atoms with Gasteiger partial charge >= 0.3 is 0 Å². The Morgan fingerprint density at radius 2 is 1.26 bits per heavy atom. The van der Waals surface area contributed by atoms with Crippen LogP contribution in [0.3, 0.4) is 0 Å². The maximum Gasteiger partial charge on any atom is 0.135 e. The monoisotopic (exact) mass is 521 g/mol. The van der Waals surface area contributed by atoms with Crippen LogP contribution in [-0.2, 0) is 0 Å². The van der Waals surface area contributed by atoms with Gasteiger partial charge in [0.2, 0.25) is 0 Å². The second-order valence-electron chi connectivity index (χ2n) is 8.49. The zero-order valence-electron chi connectivity index (χ0n) is 36.1.